The zero-order valence-electron chi connectivity index (χ0n) is 8.59. The number of nitro groups is 1. The summed E-state index contributed by atoms with van der Waals surface area (Å²) in [6.45, 7) is 3.36. The average Bonchev–Trinajstić information content (AvgIpc) is 2.29. The van der Waals surface area contributed by atoms with E-state index in [2.05, 4.69) is 6.58 Å². The van der Waals surface area contributed by atoms with Crippen molar-refractivity contribution >= 4 is 11.7 Å². The minimum atomic E-state index is -0.529. The quantitative estimate of drug-likeness (QED) is 0.329. The van der Waals surface area contributed by atoms with E-state index in [-0.39, 0.29) is 12.3 Å². The first kappa shape index (κ1) is 11.9. The maximum atomic E-state index is 10.7. The molecule has 84 valence electrons. The summed E-state index contributed by atoms with van der Waals surface area (Å²) in [5.74, 6) is -0.529. The molecule has 0 unspecified atom stereocenters. The molecule has 0 aliphatic rings. The molecule has 1 aromatic rings. The Kier molecular flexibility index (Phi) is 4.20. The molecule has 1 rings (SSSR count). The highest BCUT2D eigenvalue weighted by Crippen LogP contribution is 2.17. The summed E-state index contributed by atoms with van der Waals surface area (Å²) in [5.41, 5.74) is 0.585. The number of carbonyl (C=O) groups is 1. The number of ether oxygens (including phenoxy) is 1. The van der Waals surface area contributed by atoms with Gasteiger partial charge >= 0.3 is 5.97 Å². The maximum absolute atomic E-state index is 10.7. The fourth-order valence-electron chi connectivity index (χ4n) is 1.22. The SMILES string of the molecule is C=CC(=O)OCCc1ccccc1[N+](=O)[O-]. The molecule has 5 nitrogen and oxygen atoms in total. The van der Waals surface area contributed by atoms with Crippen LogP contribution >= 0.6 is 0 Å². The second kappa shape index (κ2) is 5.65. The molecule has 0 bridgehead atoms. The highest BCUT2D eigenvalue weighted by atomic mass is 16.6. The molecule has 5 heteroatoms. The van der Waals surface area contributed by atoms with Gasteiger partial charge in [-0.15, -0.1) is 0 Å². The highest BCUT2D eigenvalue weighted by Gasteiger charge is 2.11. The Morgan fingerprint density at radius 1 is 1.50 bits per heavy atom. The van der Waals surface area contributed by atoms with Gasteiger partial charge in [-0.25, -0.2) is 4.79 Å². The maximum Gasteiger partial charge on any atom is 0.330 e. The van der Waals surface area contributed by atoms with E-state index >= 15 is 0 Å². The van der Waals surface area contributed by atoms with Crippen molar-refractivity contribution in [2.45, 2.75) is 6.42 Å². The normalized spacial score (nSPS) is 9.50. The van der Waals surface area contributed by atoms with E-state index in [0.29, 0.717) is 12.0 Å². The zero-order chi connectivity index (χ0) is 12.0. The molecule has 0 fully saturated rings. The van der Waals surface area contributed by atoms with Crippen LogP contribution in [-0.4, -0.2) is 17.5 Å². The predicted octanol–water partition coefficient (Wildman–Crippen LogP) is 1.87. The smallest absolute Gasteiger partial charge is 0.330 e. The topological polar surface area (TPSA) is 69.4 Å². The molecule has 0 N–H and O–H groups in total. The van der Waals surface area contributed by atoms with E-state index in [0.717, 1.165) is 6.08 Å². The lowest BCUT2D eigenvalue weighted by Crippen LogP contribution is -2.05. The lowest BCUT2D eigenvalue weighted by Gasteiger charge is -2.03. The molecular formula is C11H11NO4. The van der Waals surface area contributed by atoms with Crippen molar-refractivity contribution in [2.75, 3.05) is 6.61 Å². The van der Waals surface area contributed by atoms with Gasteiger partial charge in [0.25, 0.3) is 5.69 Å². The summed E-state index contributed by atoms with van der Waals surface area (Å²) < 4.78 is 4.75. The minimum Gasteiger partial charge on any atom is -0.462 e. The summed E-state index contributed by atoms with van der Waals surface area (Å²) in [5, 5.41) is 10.7. The fraction of sp³-hybridized carbons (Fsp3) is 0.182. The van der Waals surface area contributed by atoms with Gasteiger partial charge in [-0.1, -0.05) is 24.8 Å². The molecule has 0 radical (unpaired) electrons. The number of rotatable bonds is 5. The molecule has 0 aliphatic carbocycles. The van der Waals surface area contributed by atoms with Crippen molar-refractivity contribution in [2.24, 2.45) is 0 Å². The Hall–Kier alpha value is -2.17. The summed E-state index contributed by atoms with van der Waals surface area (Å²) in [4.78, 5) is 20.9. The van der Waals surface area contributed by atoms with Crippen molar-refractivity contribution in [3.05, 3.63) is 52.6 Å². The Labute approximate surface area is 92.5 Å². The first-order valence-corrected chi connectivity index (χ1v) is 4.66. The van der Waals surface area contributed by atoms with Crippen molar-refractivity contribution in [3.63, 3.8) is 0 Å². The van der Waals surface area contributed by atoms with Crippen molar-refractivity contribution < 1.29 is 14.5 Å². The largest absolute Gasteiger partial charge is 0.462 e. The molecule has 0 aliphatic heterocycles. The van der Waals surface area contributed by atoms with Gasteiger partial charge in [0.1, 0.15) is 0 Å². The van der Waals surface area contributed by atoms with Crippen LogP contribution in [0.1, 0.15) is 5.56 Å². The summed E-state index contributed by atoms with van der Waals surface area (Å²) in [6, 6.07) is 6.36. The molecule has 16 heavy (non-hydrogen) atoms. The number of carbonyl (C=O) groups excluding carboxylic acids is 1. The summed E-state index contributed by atoms with van der Waals surface area (Å²) >= 11 is 0. The molecule has 0 amide bonds. The zero-order valence-corrected chi connectivity index (χ0v) is 8.59. The number of para-hydroxylation sites is 1. The molecule has 0 saturated carbocycles. The minimum absolute atomic E-state index is 0.0390. The van der Waals surface area contributed by atoms with E-state index in [9.17, 15) is 14.9 Å². The number of nitro benzene ring substituents is 1. The van der Waals surface area contributed by atoms with Crippen LogP contribution in [0.15, 0.2) is 36.9 Å². The van der Waals surface area contributed by atoms with Crippen LogP contribution in [0, 0.1) is 10.1 Å². The first-order chi connectivity index (χ1) is 7.65. The van der Waals surface area contributed by atoms with E-state index < -0.39 is 10.9 Å². The molecule has 0 atom stereocenters. The van der Waals surface area contributed by atoms with E-state index in [1.807, 2.05) is 0 Å². The van der Waals surface area contributed by atoms with Gasteiger partial charge < -0.3 is 4.74 Å². The molecule has 0 spiro atoms. The average molecular weight is 221 g/mol. The Balaban J connectivity index is 2.63. The standard InChI is InChI=1S/C11H11NO4/c1-2-11(13)16-8-7-9-5-3-4-6-10(9)12(14)15/h2-6H,1,7-8H2. The van der Waals surface area contributed by atoms with Crippen LogP contribution in [0.2, 0.25) is 0 Å². The van der Waals surface area contributed by atoms with Crippen molar-refractivity contribution in [3.8, 4) is 0 Å². The molecular weight excluding hydrogens is 210 g/mol. The molecule has 0 aromatic heterocycles. The van der Waals surface area contributed by atoms with Gasteiger partial charge in [0.2, 0.25) is 0 Å². The first-order valence-electron chi connectivity index (χ1n) is 4.66. The van der Waals surface area contributed by atoms with Crippen LogP contribution in [0.4, 0.5) is 5.69 Å². The number of benzene rings is 1. The molecule has 0 saturated heterocycles. The van der Waals surface area contributed by atoms with Crippen molar-refractivity contribution in [1.82, 2.24) is 0 Å². The van der Waals surface area contributed by atoms with Gasteiger partial charge in [0.05, 0.1) is 11.5 Å². The fourth-order valence-corrected chi connectivity index (χ4v) is 1.22. The van der Waals surface area contributed by atoms with Gasteiger partial charge in [-0.3, -0.25) is 10.1 Å². The van der Waals surface area contributed by atoms with Crippen LogP contribution < -0.4 is 0 Å². The third kappa shape index (κ3) is 3.20. The lowest BCUT2D eigenvalue weighted by atomic mass is 10.1. The molecule has 1 aromatic carbocycles. The monoisotopic (exact) mass is 221 g/mol. The van der Waals surface area contributed by atoms with Gasteiger partial charge in [-0.05, 0) is 0 Å². The van der Waals surface area contributed by atoms with Crippen LogP contribution in [0.3, 0.4) is 0 Å². The van der Waals surface area contributed by atoms with Crippen molar-refractivity contribution in [1.29, 1.82) is 0 Å². The van der Waals surface area contributed by atoms with Gasteiger partial charge in [0.15, 0.2) is 0 Å². The van der Waals surface area contributed by atoms with Gasteiger partial charge in [0, 0.05) is 24.1 Å². The van der Waals surface area contributed by atoms with E-state index in [1.165, 1.54) is 6.07 Å². The Bertz CT molecular complexity index is 414. The second-order valence-corrected chi connectivity index (χ2v) is 3.01. The highest BCUT2D eigenvalue weighted by molar-refractivity contribution is 5.81. The molecule has 0 heterocycles. The lowest BCUT2D eigenvalue weighted by molar-refractivity contribution is -0.385. The van der Waals surface area contributed by atoms with E-state index in [1.54, 1.807) is 18.2 Å². The third-order valence-corrected chi connectivity index (χ3v) is 1.97. The van der Waals surface area contributed by atoms with Crippen LogP contribution in [-0.2, 0) is 16.0 Å². The summed E-state index contributed by atoms with van der Waals surface area (Å²) in [7, 11) is 0. The predicted molar refractivity (Wildman–Crippen MR) is 58.0 cm³/mol. The number of hydrogen-bond acceptors (Lipinski definition) is 4. The number of nitrogens with zero attached hydrogens (tertiary/aromatic N) is 1. The Morgan fingerprint density at radius 2 is 2.19 bits per heavy atom. The van der Waals surface area contributed by atoms with Gasteiger partial charge in [-0.2, -0.15) is 0 Å². The Morgan fingerprint density at radius 3 is 2.81 bits per heavy atom. The summed E-state index contributed by atoms with van der Waals surface area (Å²) in [6.07, 6.45) is 1.37. The van der Waals surface area contributed by atoms with Crippen LogP contribution in [0.25, 0.3) is 0 Å². The number of esters is 1. The second-order valence-electron chi connectivity index (χ2n) is 3.01. The van der Waals surface area contributed by atoms with Crippen LogP contribution in [0.5, 0.6) is 0 Å². The van der Waals surface area contributed by atoms with E-state index in [4.69, 9.17) is 4.74 Å². The third-order valence-electron chi connectivity index (χ3n) is 1.97. The number of hydrogen-bond donors (Lipinski definition) is 0.